The molecule has 0 amide bonds. The zero-order valence-corrected chi connectivity index (χ0v) is 12.8. The van der Waals surface area contributed by atoms with Gasteiger partial charge in [0, 0.05) is 0 Å². The van der Waals surface area contributed by atoms with Crippen LogP contribution in [0, 0.1) is 11.8 Å². The highest BCUT2D eigenvalue weighted by Crippen LogP contribution is 2.44. The molecule has 2 N–H and O–H groups in total. The van der Waals surface area contributed by atoms with Gasteiger partial charge in [0.2, 0.25) is 9.92 Å². The number of hydrogen-bond donors (Lipinski definition) is 1. The summed E-state index contributed by atoms with van der Waals surface area (Å²) in [4.78, 5) is 0. The van der Waals surface area contributed by atoms with Crippen LogP contribution in [0.4, 0.5) is 0 Å². The van der Waals surface area contributed by atoms with Gasteiger partial charge in [0.05, 0.1) is 5.60 Å². The van der Waals surface area contributed by atoms with Crippen LogP contribution in [-0.4, -0.2) is 15.5 Å². The van der Waals surface area contributed by atoms with Crippen LogP contribution in [0.2, 0.25) is 0 Å². The second-order valence-electron chi connectivity index (χ2n) is 6.16. The molecule has 0 radical (unpaired) electrons. The van der Waals surface area contributed by atoms with E-state index in [1.54, 1.807) is 0 Å². The average Bonchev–Trinajstić information content (AvgIpc) is 2.41. The molecule has 2 rings (SSSR count). The summed E-state index contributed by atoms with van der Waals surface area (Å²) in [5, 5.41) is 5.84. The zero-order chi connectivity index (χ0) is 12.1. The molecule has 0 atom stereocenters. The monoisotopic (exact) mass is 255 g/mol. The van der Waals surface area contributed by atoms with E-state index in [1.807, 2.05) is 0 Å². The molecule has 2 aliphatic rings. The fourth-order valence-electron chi connectivity index (χ4n) is 4.10. The summed E-state index contributed by atoms with van der Waals surface area (Å²) in [5.74, 6) is 1.57. The highest BCUT2D eigenvalue weighted by atomic mass is 28.2. The van der Waals surface area contributed by atoms with Gasteiger partial charge in [-0.2, -0.15) is 0 Å². The maximum absolute atomic E-state index is 6.23. The molecule has 0 unspecified atom stereocenters. The molecule has 0 aliphatic heterocycles. The molecule has 2 fully saturated rings. The molecule has 17 heavy (non-hydrogen) atoms. The van der Waals surface area contributed by atoms with Crippen molar-refractivity contribution in [2.45, 2.75) is 76.7 Å². The van der Waals surface area contributed by atoms with Crippen molar-refractivity contribution in [2.24, 2.45) is 17.2 Å². The predicted octanol–water partition coefficient (Wildman–Crippen LogP) is 2.88. The van der Waals surface area contributed by atoms with Crippen LogP contribution in [-0.2, 0) is 4.43 Å². The van der Waals surface area contributed by atoms with Crippen molar-refractivity contribution in [3.63, 3.8) is 0 Å². The second kappa shape index (κ2) is 6.35. The van der Waals surface area contributed by atoms with E-state index in [1.165, 1.54) is 64.2 Å². The van der Waals surface area contributed by atoms with E-state index in [4.69, 9.17) is 9.83 Å². The van der Waals surface area contributed by atoms with Crippen molar-refractivity contribution < 1.29 is 4.43 Å². The Kier molecular flexibility index (Phi) is 5.06. The molecule has 2 aliphatic carbocycles. The van der Waals surface area contributed by atoms with Crippen molar-refractivity contribution in [2.75, 3.05) is 0 Å². The summed E-state index contributed by atoms with van der Waals surface area (Å²) in [6, 6.07) is 0. The molecule has 0 saturated heterocycles. The molecule has 100 valence electrons. The SMILES string of the molecule is CC(O[SiH2]N)(C1CCCCC1)C1CCCCC1. The lowest BCUT2D eigenvalue weighted by molar-refractivity contribution is -0.0535. The standard InChI is InChI=1S/C14H29NOSi/c1-14(16-17-15,12-8-4-2-5-9-12)13-10-6-3-7-11-13/h12-13H,2-11,15,17H2,1H3. The molecular weight excluding hydrogens is 226 g/mol. The summed E-state index contributed by atoms with van der Waals surface area (Å²) >= 11 is 0. The Hall–Kier alpha value is 0.137. The van der Waals surface area contributed by atoms with E-state index < -0.39 is 9.92 Å². The Bertz CT molecular complexity index is 204. The van der Waals surface area contributed by atoms with Gasteiger partial charge in [-0.15, -0.1) is 0 Å². The van der Waals surface area contributed by atoms with Crippen molar-refractivity contribution in [3.05, 3.63) is 0 Å². The third-order valence-corrected chi connectivity index (χ3v) is 6.01. The lowest BCUT2D eigenvalue weighted by atomic mass is 9.67. The predicted molar refractivity (Wildman–Crippen MR) is 75.4 cm³/mol. The third kappa shape index (κ3) is 3.12. The smallest absolute Gasteiger partial charge is 0.234 e. The van der Waals surface area contributed by atoms with Crippen molar-refractivity contribution >= 4 is 9.92 Å². The minimum absolute atomic E-state index is 0.127. The maximum atomic E-state index is 6.23. The third-order valence-electron chi connectivity index (χ3n) is 5.23. The Labute approximate surface area is 109 Å². The van der Waals surface area contributed by atoms with Gasteiger partial charge in [0.15, 0.2) is 0 Å². The summed E-state index contributed by atoms with van der Waals surface area (Å²) in [5.41, 5.74) is 0.127. The first kappa shape index (κ1) is 13.6. The van der Waals surface area contributed by atoms with Crippen LogP contribution in [0.15, 0.2) is 0 Å². The van der Waals surface area contributed by atoms with E-state index in [9.17, 15) is 0 Å². The molecular formula is C14H29NOSi. The molecule has 2 nitrogen and oxygen atoms in total. The highest BCUT2D eigenvalue weighted by Gasteiger charge is 2.42. The Morgan fingerprint density at radius 2 is 1.29 bits per heavy atom. The molecule has 0 aromatic heterocycles. The molecule has 0 aromatic carbocycles. The first-order chi connectivity index (χ1) is 8.27. The fourth-order valence-corrected chi connectivity index (χ4v) is 4.93. The first-order valence-electron chi connectivity index (χ1n) is 7.61. The molecule has 0 heterocycles. The van der Waals surface area contributed by atoms with Gasteiger partial charge in [-0.05, 0) is 44.4 Å². The maximum Gasteiger partial charge on any atom is 0.234 e. The lowest BCUT2D eigenvalue weighted by Gasteiger charge is -2.47. The van der Waals surface area contributed by atoms with E-state index >= 15 is 0 Å². The van der Waals surface area contributed by atoms with Gasteiger partial charge in [-0.3, -0.25) is 0 Å². The average molecular weight is 255 g/mol. The van der Waals surface area contributed by atoms with Gasteiger partial charge < -0.3 is 9.83 Å². The van der Waals surface area contributed by atoms with Gasteiger partial charge in [0.25, 0.3) is 0 Å². The van der Waals surface area contributed by atoms with Gasteiger partial charge in [0.1, 0.15) is 0 Å². The van der Waals surface area contributed by atoms with Crippen LogP contribution in [0.1, 0.15) is 71.1 Å². The normalized spacial score (nSPS) is 25.8. The van der Waals surface area contributed by atoms with Crippen LogP contribution in [0.25, 0.3) is 0 Å². The molecule has 3 heteroatoms. The Balaban J connectivity index is 2.05. The highest BCUT2D eigenvalue weighted by molar-refractivity contribution is 6.22. The number of rotatable bonds is 4. The molecule has 0 spiro atoms. The quantitative estimate of drug-likeness (QED) is 0.784. The Morgan fingerprint density at radius 1 is 0.882 bits per heavy atom. The van der Waals surface area contributed by atoms with Crippen LogP contribution in [0.5, 0.6) is 0 Å². The van der Waals surface area contributed by atoms with Crippen molar-refractivity contribution in [1.29, 1.82) is 0 Å². The minimum Gasteiger partial charge on any atom is -0.403 e. The summed E-state index contributed by atoms with van der Waals surface area (Å²) in [7, 11) is -0.780. The second-order valence-corrected chi connectivity index (χ2v) is 6.79. The zero-order valence-electron chi connectivity index (χ0n) is 11.4. The van der Waals surface area contributed by atoms with Crippen LogP contribution < -0.4 is 5.40 Å². The van der Waals surface area contributed by atoms with E-state index in [2.05, 4.69) is 6.92 Å². The van der Waals surface area contributed by atoms with E-state index in [-0.39, 0.29) is 5.60 Å². The van der Waals surface area contributed by atoms with Gasteiger partial charge >= 0.3 is 0 Å². The summed E-state index contributed by atoms with van der Waals surface area (Å²) in [6.07, 6.45) is 14.0. The van der Waals surface area contributed by atoms with E-state index in [0.717, 1.165) is 11.8 Å². The first-order valence-corrected chi connectivity index (χ1v) is 9.01. The molecule has 0 aromatic rings. The number of nitrogens with two attached hydrogens (primary N) is 1. The van der Waals surface area contributed by atoms with Gasteiger partial charge in [-0.25, -0.2) is 0 Å². The topological polar surface area (TPSA) is 35.2 Å². The van der Waals surface area contributed by atoms with Crippen molar-refractivity contribution in [3.8, 4) is 0 Å². The minimum atomic E-state index is -0.780. The van der Waals surface area contributed by atoms with Crippen LogP contribution in [0.3, 0.4) is 0 Å². The lowest BCUT2D eigenvalue weighted by Crippen LogP contribution is -2.48. The Morgan fingerprint density at radius 3 is 1.65 bits per heavy atom. The van der Waals surface area contributed by atoms with E-state index in [0.29, 0.717) is 0 Å². The summed E-state index contributed by atoms with van der Waals surface area (Å²) < 4.78 is 6.23. The van der Waals surface area contributed by atoms with Gasteiger partial charge in [-0.1, -0.05) is 38.5 Å². The molecule has 0 bridgehead atoms. The van der Waals surface area contributed by atoms with Crippen molar-refractivity contribution in [1.82, 2.24) is 0 Å². The molecule has 2 saturated carbocycles. The largest absolute Gasteiger partial charge is 0.403 e. The number of hydrogen-bond acceptors (Lipinski definition) is 2. The summed E-state index contributed by atoms with van der Waals surface area (Å²) in [6.45, 7) is 2.39. The van der Waals surface area contributed by atoms with Crippen LogP contribution >= 0.6 is 0 Å². The fraction of sp³-hybridized carbons (Fsp3) is 1.00.